The molecule has 6 heteroatoms. The summed E-state index contributed by atoms with van der Waals surface area (Å²) in [7, 11) is 0. The molecule has 128 valence electrons. The molecule has 1 N–H and O–H groups in total. The molecule has 1 fully saturated rings. The molecule has 1 aliphatic carbocycles. The average Bonchev–Trinajstić information content (AvgIpc) is 2.98. The van der Waals surface area contributed by atoms with E-state index in [4.69, 9.17) is 14.2 Å². The second kappa shape index (κ2) is 6.86. The lowest BCUT2D eigenvalue weighted by Crippen LogP contribution is -2.35. The van der Waals surface area contributed by atoms with E-state index in [1.54, 1.807) is 6.92 Å². The zero-order valence-corrected chi connectivity index (χ0v) is 14.7. The van der Waals surface area contributed by atoms with Crippen LogP contribution in [0.15, 0.2) is 0 Å². The van der Waals surface area contributed by atoms with Crippen LogP contribution in [-0.4, -0.2) is 42.0 Å². The molecule has 3 atom stereocenters. The van der Waals surface area contributed by atoms with Crippen molar-refractivity contribution in [2.24, 2.45) is 5.92 Å². The normalized spacial score (nSPS) is 22.7. The number of hydrogen-bond acceptors (Lipinski definition) is 5. The van der Waals surface area contributed by atoms with Gasteiger partial charge in [0.2, 0.25) is 0 Å². The van der Waals surface area contributed by atoms with Crippen LogP contribution in [0.4, 0.5) is 4.79 Å². The molecule has 0 aromatic heterocycles. The topological polar surface area (TPSA) is 73.9 Å². The van der Waals surface area contributed by atoms with Gasteiger partial charge in [0.25, 0.3) is 0 Å². The molecule has 0 aromatic carbocycles. The summed E-state index contributed by atoms with van der Waals surface area (Å²) in [6.45, 7) is 13.0. The van der Waals surface area contributed by atoms with Crippen molar-refractivity contribution < 1.29 is 23.8 Å². The summed E-state index contributed by atoms with van der Waals surface area (Å²) in [6.07, 6.45) is -0.192. The highest BCUT2D eigenvalue weighted by molar-refractivity contribution is 5.74. The Morgan fingerprint density at radius 3 is 2.14 bits per heavy atom. The van der Waals surface area contributed by atoms with E-state index in [1.807, 2.05) is 41.5 Å². The molecule has 0 radical (unpaired) electrons. The van der Waals surface area contributed by atoms with Crippen LogP contribution in [0.5, 0.6) is 0 Å². The van der Waals surface area contributed by atoms with Gasteiger partial charge in [0.05, 0.1) is 6.61 Å². The van der Waals surface area contributed by atoms with E-state index in [9.17, 15) is 9.59 Å². The lowest BCUT2D eigenvalue weighted by atomic mass is 10.2. The number of hydrogen-bond donors (Lipinski definition) is 1. The van der Waals surface area contributed by atoms with Gasteiger partial charge < -0.3 is 19.5 Å². The Hall–Kier alpha value is -1.30. The Labute approximate surface area is 132 Å². The van der Waals surface area contributed by atoms with E-state index in [-0.39, 0.29) is 17.9 Å². The third-order valence-electron chi connectivity index (χ3n) is 2.92. The zero-order chi connectivity index (χ0) is 17.1. The van der Waals surface area contributed by atoms with Crippen molar-refractivity contribution >= 4 is 12.1 Å². The number of ether oxygens (including phenoxy) is 3. The summed E-state index contributed by atoms with van der Waals surface area (Å²) in [5.41, 5.74) is -1.02. The predicted molar refractivity (Wildman–Crippen MR) is 82.5 cm³/mol. The van der Waals surface area contributed by atoms with Crippen molar-refractivity contribution in [1.29, 1.82) is 0 Å². The third kappa shape index (κ3) is 7.64. The first-order valence-corrected chi connectivity index (χ1v) is 7.71. The summed E-state index contributed by atoms with van der Waals surface area (Å²) in [5, 5.41) is 2.79. The minimum absolute atomic E-state index is 0.0562. The molecule has 1 amide bonds. The molecule has 0 heterocycles. The van der Waals surface area contributed by atoms with Crippen LogP contribution < -0.4 is 5.32 Å². The summed E-state index contributed by atoms with van der Waals surface area (Å²) in [6, 6.07) is 0.0562. The maximum absolute atomic E-state index is 11.8. The van der Waals surface area contributed by atoms with E-state index in [0.29, 0.717) is 6.61 Å². The number of amides is 1. The van der Waals surface area contributed by atoms with Gasteiger partial charge in [-0.15, -0.1) is 0 Å². The minimum Gasteiger partial charge on any atom is -0.458 e. The molecule has 6 nitrogen and oxygen atoms in total. The number of nitrogens with one attached hydrogen (secondary N) is 1. The van der Waals surface area contributed by atoms with Crippen LogP contribution in [0, 0.1) is 5.92 Å². The van der Waals surface area contributed by atoms with E-state index >= 15 is 0 Å². The molecule has 0 saturated heterocycles. The maximum Gasteiger partial charge on any atom is 0.407 e. The number of carbonyl (C=O) groups is 2. The molecule has 0 aliphatic heterocycles. The Bertz CT molecular complexity index is 408. The van der Waals surface area contributed by atoms with Crippen LogP contribution in [0.2, 0.25) is 0 Å². The van der Waals surface area contributed by atoms with Gasteiger partial charge in [0.1, 0.15) is 11.2 Å². The van der Waals surface area contributed by atoms with E-state index in [1.165, 1.54) is 0 Å². The van der Waals surface area contributed by atoms with Crippen LogP contribution in [0.1, 0.15) is 54.9 Å². The second-order valence-electron chi connectivity index (χ2n) is 7.76. The van der Waals surface area contributed by atoms with Gasteiger partial charge >= 0.3 is 12.1 Å². The first kappa shape index (κ1) is 18.7. The maximum atomic E-state index is 11.8. The smallest absolute Gasteiger partial charge is 0.407 e. The molecule has 1 saturated carbocycles. The standard InChI is InChI=1S/C16H29NO5/c1-10(13(18)21-15(2,3)4)20-9-11-8-12(11)17-14(19)22-16(5,6)7/h10-12H,8-9H2,1-7H3,(H,17,19)/t10-,11?,12?/m1/s1. The highest BCUT2D eigenvalue weighted by Crippen LogP contribution is 2.31. The van der Waals surface area contributed by atoms with Crippen molar-refractivity contribution in [3.8, 4) is 0 Å². The number of esters is 1. The largest absolute Gasteiger partial charge is 0.458 e. The van der Waals surface area contributed by atoms with Crippen LogP contribution in [0.25, 0.3) is 0 Å². The first-order chi connectivity index (χ1) is 9.87. The molecular formula is C16H29NO5. The van der Waals surface area contributed by atoms with Crippen molar-refractivity contribution in [2.45, 2.75) is 78.2 Å². The van der Waals surface area contributed by atoms with Gasteiger partial charge in [0, 0.05) is 12.0 Å². The van der Waals surface area contributed by atoms with Crippen molar-refractivity contribution in [3.05, 3.63) is 0 Å². The summed E-state index contributed by atoms with van der Waals surface area (Å²) in [4.78, 5) is 23.4. The first-order valence-electron chi connectivity index (χ1n) is 7.71. The summed E-state index contributed by atoms with van der Waals surface area (Å²) in [5.74, 6) is -0.151. The van der Waals surface area contributed by atoms with Crippen LogP contribution in [-0.2, 0) is 19.0 Å². The number of carbonyl (C=O) groups excluding carboxylic acids is 2. The molecule has 2 unspecified atom stereocenters. The van der Waals surface area contributed by atoms with Gasteiger partial charge in [0.15, 0.2) is 6.10 Å². The lowest BCUT2D eigenvalue weighted by molar-refractivity contribution is -0.167. The molecule has 0 aromatic rings. The van der Waals surface area contributed by atoms with Crippen molar-refractivity contribution in [2.75, 3.05) is 6.61 Å². The van der Waals surface area contributed by atoms with Crippen LogP contribution in [0.3, 0.4) is 0 Å². The highest BCUT2D eigenvalue weighted by atomic mass is 16.6. The Morgan fingerprint density at radius 1 is 1.09 bits per heavy atom. The van der Waals surface area contributed by atoms with Gasteiger partial charge in [-0.25, -0.2) is 9.59 Å². The molecular weight excluding hydrogens is 286 g/mol. The highest BCUT2D eigenvalue weighted by Gasteiger charge is 2.40. The molecule has 1 aliphatic rings. The summed E-state index contributed by atoms with van der Waals surface area (Å²) < 4.78 is 16.0. The molecule has 0 bridgehead atoms. The minimum atomic E-state index is -0.609. The molecule has 22 heavy (non-hydrogen) atoms. The third-order valence-corrected chi connectivity index (χ3v) is 2.92. The quantitative estimate of drug-likeness (QED) is 0.790. The Kier molecular flexibility index (Phi) is 5.84. The van der Waals surface area contributed by atoms with Crippen LogP contribution >= 0.6 is 0 Å². The predicted octanol–water partition coefficient (Wildman–Crippen LogP) is 2.65. The fraction of sp³-hybridized carbons (Fsp3) is 0.875. The lowest BCUT2D eigenvalue weighted by Gasteiger charge is -2.22. The van der Waals surface area contributed by atoms with Gasteiger partial charge in [-0.1, -0.05) is 0 Å². The number of alkyl carbamates (subject to hydrolysis) is 1. The molecule has 1 rings (SSSR count). The Balaban J connectivity index is 2.23. The van der Waals surface area contributed by atoms with E-state index < -0.39 is 23.4 Å². The van der Waals surface area contributed by atoms with Gasteiger partial charge in [-0.05, 0) is 54.9 Å². The molecule has 0 spiro atoms. The second-order valence-corrected chi connectivity index (χ2v) is 7.76. The Morgan fingerprint density at radius 2 is 1.64 bits per heavy atom. The summed E-state index contributed by atoms with van der Waals surface area (Å²) >= 11 is 0. The average molecular weight is 315 g/mol. The van der Waals surface area contributed by atoms with E-state index in [0.717, 1.165) is 6.42 Å². The van der Waals surface area contributed by atoms with Crippen molar-refractivity contribution in [3.63, 3.8) is 0 Å². The zero-order valence-electron chi connectivity index (χ0n) is 14.7. The van der Waals surface area contributed by atoms with Crippen molar-refractivity contribution in [1.82, 2.24) is 5.32 Å². The fourth-order valence-electron chi connectivity index (χ4n) is 1.79. The SMILES string of the molecule is C[C@@H](OCC1CC1NC(=O)OC(C)(C)C)C(=O)OC(C)(C)C. The number of rotatable bonds is 5. The van der Waals surface area contributed by atoms with Gasteiger partial charge in [-0.3, -0.25) is 0 Å². The van der Waals surface area contributed by atoms with E-state index in [2.05, 4.69) is 5.32 Å². The van der Waals surface area contributed by atoms with Gasteiger partial charge in [-0.2, -0.15) is 0 Å². The monoisotopic (exact) mass is 315 g/mol. The fourth-order valence-corrected chi connectivity index (χ4v) is 1.79.